The summed E-state index contributed by atoms with van der Waals surface area (Å²) in [7, 11) is 4.53. The van der Waals surface area contributed by atoms with Gasteiger partial charge in [-0.1, -0.05) is 0 Å². The zero-order valence-corrected chi connectivity index (χ0v) is 10.2. The number of hydrogen-bond acceptors (Lipinski definition) is 5. The van der Waals surface area contributed by atoms with Crippen molar-refractivity contribution in [3.8, 4) is 0 Å². The van der Waals surface area contributed by atoms with Gasteiger partial charge in [-0.3, -0.25) is 4.79 Å². The van der Waals surface area contributed by atoms with E-state index >= 15 is 0 Å². The van der Waals surface area contributed by atoms with Crippen LogP contribution in [0.3, 0.4) is 0 Å². The van der Waals surface area contributed by atoms with E-state index in [4.69, 9.17) is 0 Å². The fraction of sp³-hybridized carbons (Fsp3) is 0.500. The van der Waals surface area contributed by atoms with Gasteiger partial charge in [-0.25, -0.2) is 14.5 Å². The van der Waals surface area contributed by atoms with Gasteiger partial charge in [0.05, 0.1) is 7.11 Å². The second kappa shape index (κ2) is 4.86. The number of urea groups is 1. The van der Waals surface area contributed by atoms with Gasteiger partial charge in [0, 0.05) is 20.3 Å². The summed E-state index contributed by atoms with van der Waals surface area (Å²) in [6, 6.07) is -1.27. The van der Waals surface area contributed by atoms with Crippen molar-refractivity contribution < 1.29 is 19.1 Å². The van der Waals surface area contributed by atoms with Crippen LogP contribution in [0.5, 0.6) is 0 Å². The number of hydrogen-bond donors (Lipinski definition) is 1. The summed E-state index contributed by atoms with van der Waals surface area (Å²) in [6.45, 7) is 1.55. The molecule has 7 heteroatoms. The highest BCUT2D eigenvalue weighted by Gasteiger charge is 2.40. The van der Waals surface area contributed by atoms with E-state index in [0.29, 0.717) is 0 Å². The molecule has 1 rings (SSSR count). The third-order valence-corrected chi connectivity index (χ3v) is 2.15. The monoisotopic (exact) mass is 241 g/mol. The zero-order chi connectivity index (χ0) is 13.2. The molecule has 17 heavy (non-hydrogen) atoms. The summed E-state index contributed by atoms with van der Waals surface area (Å²) in [5.41, 5.74) is -0.107. The highest BCUT2D eigenvalue weighted by atomic mass is 16.5. The van der Waals surface area contributed by atoms with Gasteiger partial charge in [-0.2, -0.15) is 0 Å². The Labute approximate surface area is 99.0 Å². The first-order valence-corrected chi connectivity index (χ1v) is 4.99. The average Bonchev–Trinajstić information content (AvgIpc) is 2.49. The van der Waals surface area contributed by atoms with Crippen LogP contribution in [0.25, 0.3) is 0 Å². The number of rotatable bonds is 3. The predicted octanol–water partition coefficient (Wildman–Crippen LogP) is -0.497. The topological polar surface area (TPSA) is 79.0 Å². The molecule has 0 radical (unpaired) electrons. The molecular formula is C10H15N3O4. The number of carbonyl (C=O) groups is 3. The van der Waals surface area contributed by atoms with Gasteiger partial charge in [-0.05, 0) is 6.92 Å². The SMILES string of the molecule is COC(=O)/C(=C\N(C)C)N1C(=O)NC(C)C1=O. The third-order valence-electron chi connectivity index (χ3n) is 2.15. The highest BCUT2D eigenvalue weighted by molar-refractivity contribution is 6.10. The first-order chi connectivity index (χ1) is 7.88. The molecule has 0 aromatic rings. The van der Waals surface area contributed by atoms with Crippen molar-refractivity contribution in [1.82, 2.24) is 15.1 Å². The molecule has 1 N–H and O–H groups in total. The molecule has 0 aromatic heterocycles. The molecule has 1 aliphatic heterocycles. The molecule has 1 fully saturated rings. The van der Waals surface area contributed by atoms with Crippen LogP contribution in [-0.2, 0) is 14.3 Å². The molecule has 1 saturated heterocycles. The van der Waals surface area contributed by atoms with E-state index in [0.717, 1.165) is 4.90 Å². The smallest absolute Gasteiger partial charge is 0.356 e. The first kappa shape index (κ1) is 13.0. The Morgan fingerprint density at radius 1 is 1.47 bits per heavy atom. The zero-order valence-electron chi connectivity index (χ0n) is 10.2. The number of ether oxygens (including phenoxy) is 1. The van der Waals surface area contributed by atoms with E-state index in [1.165, 1.54) is 13.3 Å². The molecule has 0 spiro atoms. The molecule has 0 aliphatic carbocycles. The van der Waals surface area contributed by atoms with E-state index in [1.807, 2.05) is 0 Å². The number of nitrogens with zero attached hydrogens (tertiary/aromatic N) is 2. The van der Waals surface area contributed by atoms with Crippen LogP contribution >= 0.6 is 0 Å². The Hall–Kier alpha value is -2.05. The summed E-state index contributed by atoms with van der Waals surface area (Å²) in [4.78, 5) is 37.2. The lowest BCUT2D eigenvalue weighted by atomic mass is 10.3. The van der Waals surface area contributed by atoms with Crippen molar-refractivity contribution in [2.45, 2.75) is 13.0 Å². The minimum atomic E-state index is -0.740. The summed E-state index contributed by atoms with van der Waals surface area (Å²) in [6.07, 6.45) is 1.36. The second-order valence-electron chi connectivity index (χ2n) is 3.81. The molecule has 3 amide bonds. The van der Waals surface area contributed by atoms with Crippen molar-refractivity contribution >= 4 is 17.9 Å². The average molecular weight is 241 g/mol. The number of esters is 1. The number of carbonyl (C=O) groups excluding carboxylic acids is 3. The summed E-state index contributed by atoms with van der Waals surface area (Å²) >= 11 is 0. The minimum absolute atomic E-state index is 0.107. The van der Waals surface area contributed by atoms with E-state index in [-0.39, 0.29) is 5.70 Å². The Balaban J connectivity index is 3.11. The maximum Gasteiger partial charge on any atom is 0.356 e. The van der Waals surface area contributed by atoms with Gasteiger partial charge in [0.15, 0.2) is 5.70 Å². The van der Waals surface area contributed by atoms with Gasteiger partial charge in [-0.15, -0.1) is 0 Å². The molecule has 7 nitrogen and oxygen atoms in total. The molecule has 1 unspecified atom stereocenters. The van der Waals surface area contributed by atoms with E-state index in [2.05, 4.69) is 10.1 Å². The summed E-state index contributed by atoms with van der Waals surface area (Å²) in [5.74, 6) is -1.22. The van der Waals surface area contributed by atoms with Crippen LogP contribution in [0.2, 0.25) is 0 Å². The largest absolute Gasteiger partial charge is 0.464 e. The van der Waals surface area contributed by atoms with E-state index < -0.39 is 23.9 Å². The molecule has 0 saturated carbocycles. The normalized spacial score (nSPS) is 20.4. The first-order valence-electron chi connectivity index (χ1n) is 4.99. The lowest BCUT2D eigenvalue weighted by Crippen LogP contribution is -2.35. The molecule has 1 heterocycles. The van der Waals surface area contributed by atoms with E-state index in [1.54, 1.807) is 25.9 Å². The maximum absolute atomic E-state index is 11.7. The fourth-order valence-corrected chi connectivity index (χ4v) is 1.38. The van der Waals surface area contributed by atoms with Crippen LogP contribution in [0, 0.1) is 0 Å². The molecule has 94 valence electrons. The van der Waals surface area contributed by atoms with Crippen molar-refractivity contribution in [3.05, 3.63) is 11.9 Å². The molecule has 0 aromatic carbocycles. The fourth-order valence-electron chi connectivity index (χ4n) is 1.38. The van der Waals surface area contributed by atoms with Crippen LogP contribution in [0.4, 0.5) is 4.79 Å². The van der Waals surface area contributed by atoms with Crippen LogP contribution in [0.15, 0.2) is 11.9 Å². The molecule has 0 bridgehead atoms. The van der Waals surface area contributed by atoms with Crippen molar-refractivity contribution in [2.75, 3.05) is 21.2 Å². The lowest BCUT2D eigenvalue weighted by molar-refractivity contribution is -0.140. The Morgan fingerprint density at radius 2 is 2.06 bits per heavy atom. The molecule has 1 atom stereocenters. The van der Waals surface area contributed by atoms with Gasteiger partial charge in [0.25, 0.3) is 5.91 Å². The van der Waals surface area contributed by atoms with E-state index in [9.17, 15) is 14.4 Å². The number of imide groups is 1. The third kappa shape index (κ3) is 2.55. The Morgan fingerprint density at radius 3 is 2.41 bits per heavy atom. The summed E-state index contributed by atoms with van der Waals surface area (Å²) in [5, 5.41) is 2.42. The van der Waals surface area contributed by atoms with Crippen LogP contribution < -0.4 is 5.32 Å². The number of nitrogens with one attached hydrogen (secondary N) is 1. The van der Waals surface area contributed by atoms with Gasteiger partial charge in [0.1, 0.15) is 6.04 Å². The van der Waals surface area contributed by atoms with Crippen molar-refractivity contribution in [1.29, 1.82) is 0 Å². The molecule has 1 aliphatic rings. The lowest BCUT2D eigenvalue weighted by Gasteiger charge is -2.17. The van der Waals surface area contributed by atoms with Crippen molar-refractivity contribution in [3.63, 3.8) is 0 Å². The Kier molecular flexibility index (Phi) is 3.72. The maximum atomic E-state index is 11.7. The van der Waals surface area contributed by atoms with Crippen LogP contribution in [0.1, 0.15) is 6.92 Å². The Bertz CT molecular complexity index is 389. The van der Waals surface area contributed by atoms with Gasteiger partial charge in [0.2, 0.25) is 0 Å². The predicted molar refractivity (Wildman–Crippen MR) is 58.6 cm³/mol. The number of methoxy groups -OCH3 is 1. The highest BCUT2D eigenvalue weighted by Crippen LogP contribution is 2.15. The van der Waals surface area contributed by atoms with Gasteiger partial charge < -0.3 is 15.0 Å². The quantitative estimate of drug-likeness (QED) is 0.409. The van der Waals surface area contributed by atoms with Crippen LogP contribution in [-0.4, -0.2) is 55.0 Å². The second-order valence-corrected chi connectivity index (χ2v) is 3.81. The standard InChI is InChI=1S/C10H15N3O4/c1-6-8(14)13(10(16)11-6)7(5-12(2)3)9(15)17-4/h5-6H,1-4H3,(H,11,16)/b7-5+. The molecular weight excluding hydrogens is 226 g/mol. The summed E-state index contributed by atoms with van der Waals surface area (Å²) < 4.78 is 4.55. The van der Waals surface area contributed by atoms with Gasteiger partial charge >= 0.3 is 12.0 Å². The minimum Gasteiger partial charge on any atom is -0.464 e. The van der Waals surface area contributed by atoms with Crippen molar-refractivity contribution in [2.24, 2.45) is 0 Å². The number of amides is 3.